The van der Waals surface area contributed by atoms with Gasteiger partial charge < -0.3 is 4.42 Å². The number of aromatic nitrogens is 1. The minimum Gasteiger partial charge on any atom is -0.418 e. The van der Waals surface area contributed by atoms with Gasteiger partial charge in [-0.15, -0.1) is 0 Å². The number of nitrogens with zero attached hydrogens (tertiary/aromatic N) is 3. The molecule has 1 heterocycles. The summed E-state index contributed by atoms with van der Waals surface area (Å²) < 4.78 is 5.34. The summed E-state index contributed by atoms with van der Waals surface area (Å²) in [4.78, 5) is 3.98. The third kappa shape index (κ3) is 3.63. The first kappa shape index (κ1) is 15.1. The van der Waals surface area contributed by atoms with Gasteiger partial charge in [0.15, 0.2) is 0 Å². The molecular formula is C14H10Cl2N4O. The monoisotopic (exact) mass is 320 g/mol. The molecule has 1 aromatic heterocycles. The van der Waals surface area contributed by atoms with E-state index in [0.717, 1.165) is 5.56 Å². The Labute approximate surface area is 131 Å². The van der Waals surface area contributed by atoms with E-state index < -0.39 is 0 Å². The lowest BCUT2D eigenvalue weighted by molar-refractivity contribution is 0.554. The quantitative estimate of drug-likeness (QED) is 0.672. The molecule has 1 aromatic carbocycles. The number of oxazole rings is 1. The molecule has 1 N–H and O–H groups in total. The maximum absolute atomic E-state index is 8.97. The van der Waals surface area contributed by atoms with Gasteiger partial charge in [0.2, 0.25) is 11.6 Å². The Kier molecular flexibility index (Phi) is 4.63. The molecule has 0 saturated heterocycles. The Morgan fingerprint density at radius 3 is 2.86 bits per heavy atom. The third-order valence-electron chi connectivity index (χ3n) is 2.42. The molecule has 0 aliphatic carbocycles. The van der Waals surface area contributed by atoms with Gasteiger partial charge in [-0.25, -0.2) is 5.43 Å². The van der Waals surface area contributed by atoms with Crippen LogP contribution in [0.4, 0.5) is 5.88 Å². The summed E-state index contributed by atoms with van der Waals surface area (Å²) in [7, 11) is 0. The van der Waals surface area contributed by atoms with Crippen molar-refractivity contribution in [2.45, 2.75) is 6.92 Å². The second-order valence-corrected chi connectivity index (χ2v) is 4.95. The molecule has 0 atom stereocenters. The van der Waals surface area contributed by atoms with Crippen LogP contribution in [0.2, 0.25) is 10.0 Å². The van der Waals surface area contributed by atoms with Gasteiger partial charge >= 0.3 is 0 Å². The topological polar surface area (TPSA) is 74.2 Å². The van der Waals surface area contributed by atoms with Crippen molar-refractivity contribution in [3.05, 3.63) is 52.0 Å². The highest BCUT2D eigenvalue weighted by Gasteiger charge is 2.12. The lowest BCUT2D eigenvalue weighted by Crippen LogP contribution is -1.91. The average Bonchev–Trinajstić information content (AvgIpc) is 2.86. The van der Waals surface area contributed by atoms with E-state index in [1.165, 1.54) is 6.21 Å². The van der Waals surface area contributed by atoms with Crippen molar-refractivity contribution in [3.8, 4) is 6.07 Å². The van der Waals surface area contributed by atoms with Crippen LogP contribution in [0.1, 0.15) is 24.1 Å². The number of halogens is 2. The number of benzene rings is 1. The summed E-state index contributed by atoms with van der Waals surface area (Å²) in [5.41, 5.74) is 4.10. The molecule has 2 rings (SSSR count). The van der Waals surface area contributed by atoms with Crippen LogP contribution in [0.3, 0.4) is 0 Å². The van der Waals surface area contributed by atoms with E-state index in [0.29, 0.717) is 21.5 Å². The highest BCUT2D eigenvalue weighted by Crippen LogP contribution is 2.22. The predicted octanol–water partition coefficient (Wildman–Crippen LogP) is 4.33. The van der Waals surface area contributed by atoms with Crippen LogP contribution in [0.15, 0.2) is 34.3 Å². The van der Waals surface area contributed by atoms with Gasteiger partial charge in [-0.05, 0) is 24.6 Å². The number of rotatable bonds is 4. The number of anilines is 1. The first-order valence-corrected chi connectivity index (χ1v) is 6.58. The lowest BCUT2D eigenvalue weighted by Gasteiger charge is -1.98. The fourth-order valence-electron chi connectivity index (χ4n) is 1.41. The number of hydrazone groups is 1. The van der Waals surface area contributed by atoms with Crippen LogP contribution in [-0.4, -0.2) is 11.2 Å². The molecule has 0 amide bonds. The molecule has 0 fully saturated rings. The largest absolute Gasteiger partial charge is 0.418 e. The second kappa shape index (κ2) is 6.44. The van der Waals surface area contributed by atoms with E-state index >= 15 is 0 Å². The van der Waals surface area contributed by atoms with E-state index in [1.807, 2.05) is 6.07 Å². The molecule has 5 nitrogen and oxygen atoms in total. The molecule has 0 unspecified atom stereocenters. The molecule has 106 valence electrons. The molecule has 0 aliphatic rings. The highest BCUT2D eigenvalue weighted by atomic mass is 35.5. The van der Waals surface area contributed by atoms with Gasteiger partial charge in [0.05, 0.1) is 16.3 Å². The van der Waals surface area contributed by atoms with Crippen molar-refractivity contribution in [1.29, 1.82) is 5.26 Å². The first-order chi connectivity index (χ1) is 10.0. The molecule has 2 aromatic rings. The SMILES string of the molecule is C=C(C)c1nc(C#N)c(NN=Cc2ccc(Cl)c(Cl)c2)o1. The molecular weight excluding hydrogens is 311 g/mol. The average molecular weight is 321 g/mol. The molecule has 0 bridgehead atoms. The zero-order chi connectivity index (χ0) is 15.4. The first-order valence-electron chi connectivity index (χ1n) is 5.82. The summed E-state index contributed by atoms with van der Waals surface area (Å²) in [6.07, 6.45) is 1.52. The van der Waals surface area contributed by atoms with Crippen LogP contribution in [0.5, 0.6) is 0 Å². The molecule has 0 spiro atoms. The van der Waals surface area contributed by atoms with E-state index in [9.17, 15) is 0 Å². The van der Waals surface area contributed by atoms with Gasteiger partial charge in [-0.3, -0.25) is 0 Å². The van der Waals surface area contributed by atoms with Crippen LogP contribution in [0, 0.1) is 11.3 Å². The molecule has 7 heteroatoms. The third-order valence-corrected chi connectivity index (χ3v) is 3.16. The standard InChI is InChI=1S/C14H10Cl2N4O/c1-8(2)13-19-12(6-17)14(21-13)20-18-7-9-3-4-10(15)11(16)5-9/h3-5,7,20H,1H2,2H3. The predicted molar refractivity (Wildman–Crippen MR) is 83.6 cm³/mol. The number of hydrogen-bond acceptors (Lipinski definition) is 5. The Morgan fingerprint density at radius 1 is 1.48 bits per heavy atom. The maximum Gasteiger partial charge on any atom is 0.252 e. The zero-order valence-electron chi connectivity index (χ0n) is 11.0. The Morgan fingerprint density at radius 2 is 2.24 bits per heavy atom. The minimum atomic E-state index is 0.110. The smallest absolute Gasteiger partial charge is 0.252 e. The van der Waals surface area contributed by atoms with Crippen molar-refractivity contribution >= 4 is 40.9 Å². The van der Waals surface area contributed by atoms with E-state index in [2.05, 4.69) is 22.1 Å². The van der Waals surface area contributed by atoms with Crippen molar-refractivity contribution < 1.29 is 4.42 Å². The lowest BCUT2D eigenvalue weighted by atomic mass is 10.2. The Hall–Kier alpha value is -2.29. The van der Waals surface area contributed by atoms with Gasteiger partial charge in [-0.1, -0.05) is 35.8 Å². The Balaban J connectivity index is 2.15. The van der Waals surface area contributed by atoms with Crippen molar-refractivity contribution in [2.75, 3.05) is 5.43 Å². The summed E-state index contributed by atoms with van der Waals surface area (Å²) in [5, 5.41) is 13.8. The number of hydrogen-bond donors (Lipinski definition) is 1. The molecule has 0 radical (unpaired) electrons. The van der Waals surface area contributed by atoms with Crippen LogP contribution in [-0.2, 0) is 0 Å². The molecule has 21 heavy (non-hydrogen) atoms. The van der Waals surface area contributed by atoms with Gasteiger partial charge in [0.25, 0.3) is 5.88 Å². The molecule has 0 aliphatic heterocycles. The van der Waals surface area contributed by atoms with Crippen LogP contribution >= 0.6 is 23.2 Å². The summed E-state index contributed by atoms with van der Waals surface area (Å²) in [6.45, 7) is 5.43. The van der Waals surface area contributed by atoms with E-state index in [4.69, 9.17) is 32.9 Å². The summed E-state index contributed by atoms with van der Waals surface area (Å²) in [5.74, 6) is 0.450. The Bertz CT molecular complexity index is 759. The van der Waals surface area contributed by atoms with Crippen molar-refractivity contribution in [3.63, 3.8) is 0 Å². The summed E-state index contributed by atoms with van der Waals surface area (Å²) >= 11 is 11.7. The van der Waals surface area contributed by atoms with Crippen molar-refractivity contribution in [2.24, 2.45) is 5.10 Å². The van der Waals surface area contributed by atoms with Gasteiger partial charge in [0, 0.05) is 5.57 Å². The molecule has 0 saturated carbocycles. The normalized spacial score (nSPS) is 10.6. The van der Waals surface area contributed by atoms with Crippen LogP contribution < -0.4 is 5.43 Å². The fraction of sp³-hybridized carbons (Fsp3) is 0.0714. The summed E-state index contributed by atoms with van der Waals surface area (Å²) in [6, 6.07) is 7.00. The fourth-order valence-corrected chi connectivity index (χ4v) is 1.72. The van der Waals surface area contributed by atoms with E-state index in [1.54, 1.807) is 25.1 Å². The van der Waals surface area contributed by atoms with E-state index in [-0.39, 0.29) is 11.6 Å². The van der Waals surface area contributed by atoms with Gasteiger partial charge in [0.1, 0.15) is 6.07 Å². The number of allylic oxidation sites excluding steroid dienone is 1. The van der Waals surface area contributed by atoms with Crippen LogP contribution in [0.25, 0.3) is 5.57 Å². The number of nitrogens with one attached hydrogen (secondary N) is 1. The van der Waals surface area contributed by atoms with Crippen molar-refractivity contribution in [1.82, 2.24) is 4.98 Å². The van der Waals surface area contributed by atoms with Gasteiger partial charge in [-0.2, -0.15) is 15.3 Å². The zero-order valence-corrected chi connectivity index (χ0v) is 12.5. The number of nitriles is 1. The highest BCUT2D eigenvalue weighted by molar-refractivity contribution is 6.42. The minimum absolute atomic E-state index is 0.110. The second-order valence-electron chi connectivity index (χ2n) is 4.13. The maximum atomic E-state index is 8.97.